The first kappa shape index (κ1) is 16.7. The van der Waals surface area contributed by atoms with Crippen LogP contribution in [-0.4, -0.2) is 17.6 Å². The predicted molar refractivity (Wildman–Crippen MR) is 101 cm³/mol. The van der Waals surface area contributed by atoms with Gasteiger partial charge in [-0.2, -0.15) is 0 Å². The van der Waals surface area contributed by atoms with Crippen LogP contribution in [-0.2, 0) is 22.6 Å². The molecule has 0 bridgehead atoms. The highest BCUT2D eigenvalue weighted by atomic mass is 16.5. The lowest BCUT2D eigenvalue weighted by Gasteiger charge is -2.21. The molecule has 4 heteroatoms. The minimum Gasteiger partial charge on any atom is -0.489 e. The van der Waals surface area contributed by atoms with Crippen LogP contribution in [0.1, 0.15) is 42.5 Å². The zero-order valence-corrected chi connectivity index (χ0v) is 15.0. The van der Waals surface area contributed by atoms with Crippen molar-refractivity contribution < 1.29 is 14.3 Å². The van der Waals surface area contributed by atoms with Crippen molar-refractivity contribution >= 4 is 16.9 Å². The predicted octanol–water partition coefficient (Wildman–Crippen LogP) is 4.73. The molecule has 0 saturated carbocycles. The first-order valence-corrected chi connectivity index (χ1v) is 9.24. The quantitative estimate of drug-likeness (QED) is 0.678. The number of esters is 1. The summed E-state index contributed by atoms with van der Waals surface area (Å²) in [4.78, 5) is 15.9. The van der Waals surface area contributed by atoms with Gasteiger partial charge in [0.1, 0.15) is 12.4 Å². The highest BCUT2D eigenvalue weighted by molar-refractivity contribution is 5.92. The summed E-state index contributed by atoms with van der Waals surface area (Å²) < 4.78 is 11.3. The molecule has 1 N–H and O–H groups in total. The number of hydrogen-bond acceptors (Lipinski definition) is 3. The maximum atomic E-state index is 12.4. The van der Waals surface area contributed by atoms with Crippen molar-refractivity contribution in [3.8, 4) is 5.75 Å². The van der Waals surface area contributed by atoms with E-state index >= 15 is 0 Å². The van der Waals surface area contributed by atoms with Crippen molar-refractivity contribution in [1.82, 2.24) is 4.98 Å². The number of aryl methyl sites for hydroxylation is 1. The fourth-order valence-corrected chi connectivity index (χ4v) is 3.78. The molecular weight excluding hydrogens is 326 g/mol. The molecule has 1 unspecified atom stereocenters. The molecule has 1 atom stereocenters. The van der Waals surface area contributed by atoms with Gasteiger partial charge in [-0.25, -0.2) is 0 Å². The molecule has 2 aromatic carbocycles. The maximum absolute atomic E-state index is 12.4. The third kappa shape index (κ3) is 3.19. The third-order valence-electron chi connectivity index (χ3n) is 4.98. The molecule has 1 heterocycles. The van der Waals surface area contributed by atoms with Crippen molar-refractivity contribution in [3.05, 3.63) is 65.4 Å². The maximum Gasteiger partial charge on any atom is 0.313 e. The van der Waals surface area contributed by atoms with Crippen molar-refractivity contribution in [2.24, 2.45) is 0 Å². The second kappa shape index (κ2) is 7.24. The van der Waals surface area contributed by atoms with E-state index in [2.05, 4.69) is 4.98 Å². The number of rotatable bonds is 5. The molecule has 1 aromatic heterocycles. The molecule has 4 rings (SSSR count). The van der Waals surface area contributed by atoms with E-state index in [9.17, 15) is 4.79 Å². The van der Waals surface area contributed by atoms with Crippen LogP contribution in [0.5, 0.6) is 5.75 Å². The Labute approximate surface area is 153 Å². The second-order valence-electron chi connectivity index (χ2n) is 6.70. The summed E-state index contributed by atoms with van der Waals surface area (Å²) in [6, 6.07) is 16.2. The largest absolute Gasteiger partial charge is 0.489 e. The van der Waals surface area contributed by atoms with E-state index in [4.69, 9.17) is 9.47 Å². The smallest absolute Gasteiger partial charge is 0.313 e. The van der Waals surface area contributed by atoms with Crippen LogP contribution >= 0.6 is 0 Å². The Kier molecular flexibility index (Phi) is 4.65. The van der Waals surface area contributed by atoms with Crippen LogP contribution < -0.4 is 4.74 Å². The Morgan fingerprint density at radius 2 is 2.04 bits per heavy atom. The van der Waals surface area contributed by atoms with Gasteiger partial charge in [0.25, 0.3) is 0 Å². The summed E-state index contributed by atoms with van der Waals surface area (Å²) in [7, 11) is 0. The van der Waals surface area contributed by atoms with Gasteiger partial charge >= 0.3 is 5.97 Å². The van der Waals surface area contributed by atoms with Crippen molar-refractivity contribution in [3.63, 3.8) is 0 Å². The molecule has 0 amide bonds. The monoisotopic (exact) mass is 349 g/mol. The Morgan fingerprint density at radius 1 is 1.19 bits per heavy atom. The second-order valence-corrected chi connectivity index (χ2v) is 6.70. The van der Waals surface area contributed by atoms with E-state index in [1.807, 2.05) is 55.5 Å². The average molecular weight is 349 g/mol. The van der Waals surface area contributed by atoms with Gasteiger partial charge in [0.2, 0.25) is 0 Å². The topological polar surface area (TPSA) is 51.3 Å². The fourth-order valence-electron chi connectivity index (χ4n) is 3.78. The highest BCUT2D eigenvalue weighted by Gasteiger charge is 2.31. The lowest BCUT2D eigenvalue weighted by atomic mass is 9.85. The number of carbonyl (C=O) groups is 1. The summed E-state index contributed by atoms with van der Waals surface area (Å²) in [6.45, 7) is 2.80. The molecule has 26 heavy (non-hydrogen) atoms. The molecule has 0 aliphatic heterocycles. The fraction of sp³-hybridized carbons (Fsp3) is 0.318. The Balaban J connectivity index is 1.65. The van der Waals surface area contributed by atoms with Gasteiger partial charge in [-0.3, -0.25) is 4.79 Å². The summed E-state index contributed by atoms with van der Waals surface area (Å²) >= 11 is 0. The number of aromatic amines is 1. The molecule has 0 saturated heterocycles. The van der Waals surface area contributed by atoms with Gasteiger partial charge in [-0.15, -0.1) is 0 Å². The number of H-pyrrole nitrogens is 1. The number of fused-ring (bicyclic) bond motifs is 3. The zero-order valence-electron chi connectivity index (χ0n) is 15.0. The van der Waals surface area contributed by atoms with Crippen molar-refractivity contribution in [2.45, 2.75) is 38.7 Å². The van der Waals surface area contributed by atoms with E-state index in [0.29, 0.717) is 13.2 Å². The summed E-state index contributed by atoms with van der Waals surface area (Å²) in [5.74, 6) is 0.512. The van der Waals surface area contributed by atoms with E-state index < -0.39 is 0 Å². The lowest BCUT2D eigenvalue weighted by molar-refractivity contribution is -0.145. The van der Waals surface area contributed by atoms with E-state index in [1.165, 1.54) is 0 Å². The SMILES string of the molecule is CCOC(=O)C1CCCc2[nH]c3ccc(OCc4ccccc4)cc3c21. The minimum absolute atomic E-state index is 0.120. The highest BCUT2D eigenvalue weighted by Crippen LogP contribution is 2.39. The van der Waals surface area contributed by atoms with Crippen LogP contribution in [0.4, 0.5) is 0 Å². The van der Waals surface area contributed by atoms with E-state index in [0.717, 1.165) is 52.7 Å². The molecule has 4 nitrogen and oxygen atoms in total. The summed E-state index contributed by atoms with van der Waals surface area (Å²) in [5.41, 5.74) is 4.44. The van der Waals surface area contributed by atoms with Gasteiger partial charge in [-0.1, -0.05) is 30.3 Å². The number of ether oxygens (including phenoxy) is 2. The molecule has 0 radical (unpaired) electrons. The molecular formula is C22H23NO3. The lowest BCUT2D eigenvalue weighted by Crippen LogP contribution is -2.20. The van der Waals surface area contributed by atoms with Crippen molar-refractivity contribution in [2.75, 3.05) is 6.61 Å². The van der Waals surface area contributed by atoms with Crippen LogP contribution in [0.25, 0.3) is 10.9 Å². The Morgan fingerprint density at radius 3 is 2.85 bits per heavy atom. The summed E-state index contributed by atoms with van der Waals surface area (Å²) in [5, 5.41) is 1.07. The molecule has 0 fully saturated rings. The average Bonchev–Trinajstić information content (AvgIpc) is 3.05. The standard InChI is InChI=1S/C22H23NO3/c1-2-25-22(24)17-9-6-10-20-21(17)18-13-16(11-12-19(18)23-20)26-14-15-7-4-3-5-8-15/h3-5,7-8,11-13,17,23H,2,6,9-10,14H2,1H3. The van der Waals surface area contributed by atoms with Crippen LogP contribution in [0, 0.1) is 0 Å². The van der Waals surface area contributed by atoms with Gasteiger partial charge < -0.3 is 14.5 Å². The first-order valence-electron chi connectivity index (χ1n) is 9.24. The third-order valence-corrected chi connectivity index (χ3v) is 4.98. The number of carbonyl (C=O) groups excluding carboxylic acids is 1. The zero-order chi connectivity index (χ0) is 17.9. The molecule has 1 aliphatic carbocycles. The summed E-state index contributed by atoms with van der Waals surface area (Å²) in [6.07, 6.45) is 2.81. The van der Waals surface area contributed by atoms with Gasteiger partial charge in [0.15, 0.2) is 0 Å². The van der Waals surface area contributed by atoms with Gasteiger partial charge in [0.05, 0.1) is 12.5 Å². The van der Waals surface area contributed by atoms with Gasteiger partial charge in [-0.05, 0) is 55.5 Å². The van der Waals surface area contributed by atoms with Gasteiger partial charge in [0, 0.05) is 16.6 Å². The Hall–Kier alpha value is -2.75. The molecule has 0 spiro atoms. The normalized spacial score (nSPS) is 16.3. The van der Waals surface area contributed by atoms with E-state index in [-0.39, 0.29) is 11.9 Å². The minimum atomic E-state index is -0.183. The van der Waals surface area contributed by atoms with Crippen LogP contribution in [0.2, 0.25) is 0 Å². The molecule has 134 valence electrons. The number of aromatic nitrogens is 1. The Bertz CT molecular complexity index is 914. The van der Waals surface area contributed by atoms with Crippen LogP contribution in [0.3, 0.4) is 0 Å². The number of nitrogens with one attached hydrogen (secondary N) is 1. The number of benzene rings is 2. The first-order chi connectivity index (χ1) is 12.8. The van der Waals surface area contributed by atoms with Crippen LogP contribution in [0.15, 0.2) is 48.5 Å². The van der Waals surface area contributed by atoms with E-state index in [1.54, 1.807) is 0 Å². The van der Waals surface area contributed by atoms with Crippen molar-refractivity contribution in [1.29, 1.82) is 0 Å². The number of hydrogen-bond donors (Lipinski definition) is 1. The molecule has 3 aromatic rings. The molecule has 1 aliphatic rings.